The summed E-state index contributed by atoms with van der Waals surface area (Å²) in [6.45, 7) is 2.59. The van der Waals surface area contributed by atoms with E-state index in [-0.39, 0.29) is 63.7 Å². The van der Waals surface area contributed by atoms with Crippen LogP contribution in [0, 0.1) is 0 Å². The van der Waals surface area contributed by atoms with Crippen LogP contribution in [-0.4, -0.2) is 43.1 Å². The van der Waals surface area contributed by atoms with Crippen molar-refractivity contribution in [3.05, 3.63) is 12.2 Å². The van der Waals surface area contributed by atoms with Crippen LogP contribution in [0.3, 0.4) is 0 Å². The number of rotatable bonds is 23. The van der Waals surface area contributed by atoms with Crippen LogP contribution in [0.2, 0.25) is 0 Å². The fraction of sp³-hybridized carbons (Fsp3) is 0.885. The first-order chi connectivity index (χ1) is 15.4. The smallest absolute Gasteiger partial charge is 0.748 e. The van der Waals surface area contributed by atoms with Gasteiger partial charge in [-0.2, -0.15) is 0 Å². The molecular formula is C26H50KNO4S. The molecule has 0 fully saturated rings. The largest absolute Gasteiger partial charge is 1.00 e. The first-order valence-electron chi connectivity index (χ1n) is 13.2. The average molecular weight is 512 g/mol. The molecule has 0 N–H and O–H groups in total. The Hall–Kier alpha value is 0.756. The zero-order valence-electron chi connectivity index (χ0n) is 22.0. The van der Waals surface area contributed by atoms with Gasteiger partial charge in [0.2, 0.25) is 5.91 Å². The molecule has 0 aliphatic carbocycles. The third-order valence-corrected chi connectivity index (χ3v) is 6.75. The Balaban J connectivity index is 0. The van der Waals surface area contributed by atoms with Crippen molar-refractivity contribution in [3.8, 4) is 0 Å². The maximum atomic E-state index is 12.0. The molecule has 0 radical (unpaired) electrons. The maximum Gasteiger partial charge on any atom is 1.00 e. The van der Waals surface area contributed by atoms with Gasteiger partial charge in [0.25, 0.3) is 0 Å². The van der Waals surface area contributed by atoms with Crippen LogP contribution in [-0.2, 0) is 14.9 Å². The van der Waals surface area contributed by atoms with Gasteiger partial charge in [0.15, 0.2) is 0 Å². The molecule has 1 amide bonds. The van der Waals surface area contributed by atoms with Gasteiger partial charge in [-0.15, -0.1) is 0 Å². The second-order valence-electron chi connectivity index (χ2n) is 9.18. The quantitative estimate of drug-likeness (QED) is 0.0900. The van der Waals surface area contributed by atoms with Gasteiger partial charge in [-0.3, -0.25) is 4.79 Å². The predicted octanol–water partition coefficient (Wildman–Crippen LogP) is 3.98. The molecule has 7 heteroatoms. The standard InChI is InChI=1S/C26H51NO4S.K/c1-3-4-5-6-7-8-9-10-11-12-13-14-15-16-17-18-19-20-21-23-26(28)27(2)24-22-25-32(29,30)31;/h10-11H,3-9,12-25H2,1-2H3,(H,29,30,31);/q;+1/p-1/b11-10-;. The topological polar surface area (TPSA) is 77.5 Å². The zero-order valence-corrected chi connectivity index (χ0v) is 25.9. The normalized spacial score (nSPS) is 11.6. The average Bonchev–Trinajstić information content (AvgIpc) is 2.74. The Labute approximate surface area is 248 Å². The van der Waals surface area contributed by atoms with E-state index in [9.17, 15) is 17.8 Å². The van der Waals surface area contributed by atoms with Crippen molar-refractivity contribution in [2.24, 2.45) is 0 Å². The molecule has 0 rings (SSSR count). The van der Waals surface area contributed by atoms with Crippen LogP contribution in [0.15, 0.2) is 12.2 Å². The van der Waals surface area contributed by atoms with Gasteiger partial charge in [0.1, 0.15) is 0 Å². The summed E-state index contributed by atoms with van der Waals surface area (Å²) >= 11 is 0. The summed E-state index contributed by atoms with van der Waals surface area (Å²) in [5.41, 5.74) is 0. The fourth-order valence-electron chi connectivity index (χ4n) is 3.85. The number of nitrogens with zero attached hydrogens (tertiary/aromatic N) is 1. The minimum atomic E-state index is -4.18. The minimum Gasteiger partial charge on any atom is -0.748 e. The maximum absolute atomic E-state index is 12.0. The molecule has 33 heavy (non-hydrogen) atoms. The molecule has 0 atom stereocenters. The summed E-state index contributed by atoms with van der Waals surface area (Å²) in [5.74, 6) is -0.366. The molecule has 0 spiro atoms. The van der Waals surface area contributed by atoms with E-state index in [1.54, 1.807) is 7.05 Å². The zero-order chi connectivity index (χ0) is 23.9. The van der Waals surface area contributed by atoms with Gasteiger partial charge < -0.3 is 9.45 Å². The van der Waals surface area contributed by atoms with Crippen molar-refractivity contribution >= 4 is 16.0 Å². The minimum absolute atomic E-state index is 0. The van der Waals surface area contributed by atoms with Crippen LogP contribution in [0.4, 0.5) is 0 Å². The van der Waals surface area contributed by atoms with Crippen molar-refractivity contribution in [3.63, 3.8) is 0 Å². The van der Waals surface area contributed by atoms with Gasteiger partial charge in [0.05, 0.1) is 10.1 Å². The third-order valence-electron chi connectivity index (χ3n) is 5.97. The van der Waals surface area contributed by atoms with E-state index >= 15 is 0 Å². The molecule has 190 valence electrons. The first kappa shape index (κ1) is 35.9. The van der Waals surface area contributed by atoms with Gasteiger partial charge in [-0.1, -0.05) is 96.1 Å². The summed E-state index contributed by atoms with van der Waals surface area (Å²) in [4.78, 5) is 13.5. The van der Waals surface area contributed by atoms with Crippen LogP contribution in [0.1, 0.15) is 129 Å². The Morgan fingerprint density at radius 3 is 1.61 bits per heavy atom. The van der Waals surface area contributed by atoms with Crippen molar-refractivity contribution in [2.45, 2.75) is 129 Å². The van der Waals surface area contributed by atoms with E-state index in [0.717, 1.165) is 12.8 Å². The molecule has 0 heterocycles. The molecular weight excluding hydrogens is 461 g/mol. The monoisotopic (exact) mass is 511 g/mol. The number of allylic oxidation sites excluding steroid dienone is 2. The van der Waals surface area contributed by atoms with Crippen LogP contribution in [0.5, 0.6) is 0 Å². The number of unbranched alkanes of at least 4 members (excludes halogenated alkanes) is 15. The van der Waals surface area contributed by atoms with E-state index in [0.29, 0.717) is 13.0 Å². The Morgan fingerprint density at radius 2 is 1.15 bits per heavy atom. The Kier molecular flexibility index (Phi) is 28.1. The molecule has 0 saturated carbocycles. The molecule has 0 aromatic rings. The van der Waals surface area contributed by atoms with E-state index in [4.69, 9.17) is 0 Å². The third kappa shape index (κ3) is 28.9. The number of amides is 1. The van der Waals surface area contributed by atoms with Crippen LogP contribution < -0.4 is 51.4 Å². The van der Waals surface area contributed by atoms with Crippen LogP contribution in [0.25, 0.3) is 0 Å². The second kappa shape index (κ2) is 25.8. The first-order valence-corrected chi connectivity index (χ1v) is 14.8. The number of carbonyl (C=O) groups is 1. The Morgan fingerprint density at radius 1 is 0.727 bits per heavy atom. The molecule has 0 aliphatic rings. The summed E-state index contributed by atoms with van der Waals surface area (Å²) in [5, 5.41) is 0. The van der Waals surface area contributed by atoms with Crippen molar-refractivity contribution < 1.29 is 69.1 Å². The SMILES string of the molecule is CCCCCCCC/C=C\CCCCCCCCCCCC(=O)N(C)CCCS(=O)(=O)[O-].[K+]. The molecule has 0 aromatic carbocycles. The predicted molar refractivity (Wildman–Crippen MR) is 135 cm³/mol. The van der Waals surface area contributed by atoms with Crippen LogP contribution >= 0.6 is 0 Å². The van der Waals surface area contributed by atoms with E-state index in [1.165, 1.54) is 101 Å². The Bertz CT molecular complexity index is 567. The van der Waals surface area contributed by atoms with E-state index < -0.39 is 15.9 Å². The van der Waals surface area contributed by atoms with Gasteiger partial charge in [0, 0.05) is 25.8 Å². The molecule has 0 aliphatic heterocycles. The summed E-state index contributed by atoms with van der Waals surface area (Å²) < 4.78 is 31.7. The summed E-state index contributed by atoms with van der Waals surface area (Å²) in [6, 6.07) is 0. The fourth-order valence-corrected chi connectivity index (χ4v) is 4.33. The summed E-state index contributed by atoms with van der Waals surface area (Å²) in [7, 11) is -2.51. The number of carbonyl (C=O) groups excluding carboxylic acids is 1. The molecule has 0 saturated heterocycles. The van der Waals surface area contributed by atoms with Gasteiger partial charge in [-0.25, -0.2) is 8.42 Å². The molecule has 5 nitrogen and oxygen atoms in total. The number of hydrogen-bond acceptors (Lipinski definition) is 4. The van der Waals surface area contributed by atoms with Gasteiger partial charge in [-0.05, 0) is 38.5 Å². The van der Waals surface area contributed by atoms with Crippen molar-refractivity contribution in [1.82, 2.24) is 4.90 Å². The number of hydrogen-bond donors (Lipinski definition) is 0. The molecule has 0 bridgehead atoms. The van der Waals surface area contributed by atoms with Gasteiger partial charge >= 0.3 is 51.4 Å². The van der Waals surface area contributed by atoms with Crippen molar-refractivity contribution in [2.75, 3.05) is 19.3 Å². The second-order valence-corrected chi connectivity index (χ2v) is 10.7. The summed E-state index contributed by atoms with van der Waals surface area (Å²) in [6.07, 6.45) is 27.1. The molecule has 0 aromatic heterocycles. The van der Waals surface area contributed by atoms with Crippen molar-refractivity contribution in [1.29, 1.82) is 0 Å². The molecule has 0 unspecified atom stereocenters. The van der Waals surface area contributed by atoms with E-state index in [1.807, 2.05) is 0 Å². The van der Waals surface area contributed by atoms with E-state index in [2.05, 4.69) is 19.1 Å².